The molecule has 0 atom stereocenters. The zero-order valence-electron chi connectivity index (χ0n) is 7.38. The maximum atomic E-state index is 10.6. The molecule has 0 spiro atoms. The van der Waals surface area contributed by atoms with Crippen molar-refractivity contribution in [2.24, 2.45) is 0 Å². The van der Waals surface area contributed by atoms with Crippen molar-refractivity contribution in [3.8, 4) is 0 Å². The Labute approximate surface area is 110 Å². The molecule has 0 aromatic heterocycles. The van der Waals surface area contributed by atoms with Gasteiger partial charge in [-0.25, -0.2) is 0 Å². The molecule has 0 aromatic carbocycles. The van der Waals surface area contributed by atoms with Gasteiger partial charge in [-0.05, 0) is 0 Å². The first-order valence-electron chi connectivity index (χ1n) is 3.75. The van der Waals surface area contributed by atoms with E-state index in [1.807, 2.05) is 0 Å². The second-order valence-corrected chi connectivity index (χ2v) is 3.74. The van der Waals surface area contributed by atoms with Gasteiger partial charge in [0.2, 0.25) is 0 Å². The van der Waals surface area contributed by atoms with Gasteiger partial charge in [0.25, 0.3) is 10.1 Å². The van der Waals surface area contributed by atoms with Crippen LogP contribution >= 0.6 is 0 Å². The van der Waals surface area contributed by atoms with E-state index in [2.05, 4.69) is 4.74 Å². The number of carbonyl (C=O) groups excluding carboxylic acids is 1. The van der Waals surface area contributed by atoms with Crippen molar-refractivity contribution in [3.05, 3.63) is 0 Å². The number of aliphatic hydroxyl groups excluding tert-OH is 1. The van der Waals surface area contributed by atoms with Crippen LogP contribution in [-0.2, 0) is 24.4 Å². The summed E-state index contributed by atoms with van der Waals surface area (Å²) >= 11 is 0. The molecule has 0 amide bonds. The predicted octanol–water partition coefficient (Wildman–Crippen LogP) is -2.22. The molecule has 0 aromatic rings. The van der Waals surface area contributed by atoms with Gasteiger partial charge in [0.1, 0.15) is 6.61 Å². The average molecular weight is 252 g/mol. The zero-order chi connectivity index (χ0) is 11.0. The molecule has 0 aliphatic rings. The van der Waals surface area contributed by atoms with E-state index in [0.717, 1.165) is 0 Å². The van der Waals surface area contributed by atoms with Crippen molar-refractivity contribution in [1.82, 2.24) is 0 Å². The minimum atomic E-state index is -4.33. The van der Waals surface area contributed by atoms with Gasteiger partial charge in [-0.2, -0.15) is 8.42 Å². The third-order valence-corrected chi connectivity index (χ3v) is 1.63. The van der Waals surface area contributed by atoms with E-state index in [4.69, 9.17) is 14.4 Å². The van der Waals surface area contributed by atoms with Crippen LogP contribution in [0.5, 0.6) is 0 Å². The molecule has 86 valence electrons. The van der Waals surface area contributed by atoms with Crippen LogP contribution in [0.1, 0.15) is 0 Å². The van der Waals surface area contributed by atoms with Crippen molar-refractivity contribution < 1.29 is 32.3 Å². The molecule has 0 aliphatic heterocycles. The molecular weight excluding hydrogens is 239 g/mol. The summed E-state index contributed by atoms with van der Waals surface area (Å²) in [4.78, 5) is 10.6. The Bertz CT molecular complexity index is 263. The fourth-order valence-electron chi connectivity index (χ4n) is 0.572. The fraction of sp³-hybridized carbons (Fsp3) is 0.833. The van der Waals surface area contributed by atoms with Gasteiger partial charge in [0, 0.05) is 0 Å². The van der Waals surface area contributed by atoms with Crippen LogP contribution in [0.2, 0.25) is 0 Å². The summed E-state index contributed by atoms with van der Waals surface area (Å²) in [6.07, 6.45) is 0. The van der Waals surface area contributed by atoms with E-state index in [-0.39, 0.29) is 56.0 Å². The summed E-state index contributed by atoms with van der Waals surface area (Å²) in [6.45, 7) is -0.0685. The third-order valence-electron chi connectivity index (χ3n) is 1.03. The molecule has 15 heavy (non-hydrogen) atoms. The van der Waals surface area contributed by atoms with Crippen LogP contribution in [0.25, 0.3) is 0 Å². The Morgan fingerprint density at radius 2 is 1.80 bits per heavy atom. The molecule has 0 aliphatic carbocycles. The van der Waals surface area contributed by atoms with E-state index in [1.54, 1.807) is 0 Å². The van der Waals surface area contributed by atoms with Gasteiger partial charge < -0.3 is 14.6 Å². The van der Waals surface area contributed by atoms with E-state index in [0.29, 0.717) is 0 Å². The topological polar surface area (TPSA) is 110 Å². The van der Waals surface area contributed by atoms with Crippen LogP contribution in [0.3, 0.4) is 0 Å². The third kappa shape index (κ3) is 14.3. The standard InChI is InChI=1S/C6H12O7S.Na.H/c7-1-2-12-3-4-13-6(8)5-14(9,10)11;;/h7H,1-5H2,(H,9,10,11);;. The van der Waals surface area contributed by atoms with Gasteiger partial charge in [0.15, 0.2) is 5.75 Å². The van der Waals surface area contributed by atoms with Gasteiger partial charge >= 0.3 is 35.5 Å². The maximum absolute atomic E-state index is 10.6. The molecule has 0 radical (unpaired) electrons. The van der Waals surface area contributed by atoms with Crippen molar-refractivity contribution >= 4 is 45.6 Å². The molecule has 0 fully saturated rings. The monoisotopic (exact) mass is 252 g/mol. The Morgan fingerprint density at radius 1 is 1.20 bits per heavy atom. The van der Waals surface area contributed by atoms with E-state index in [1.165, 1.54) is 0 Å². The summed E-state index contributed by atoms with van der Waals surface area (Å²) in [5.41, 5.74) is 0. The number of aliphatic hydroxyl groups is 1. The number of rotatable bonds is 7. The molecule has 2 N–H and O–H groups in total. The first-order valence-corrected chi connectivity index (χ1v) is 5.36. The quantitative estimate of drug-likeness (QED) is 0.228. The molecule has 9 heteroatoms. The average Bonchev–Trinajstić information content (AvgIpc) is 2.00. The Hall–Kier alpha value is 0.300. The Morgan fingerprint density at radius 3 is 2.27 bits per heavy atom. The van der Waals surface area contributed by atoms with E-state index >= 15 is 0 Å². The fourth-order valence-corrected chi connectivity index (χ4v) is 0.953. The number of hydrogen-bond donors (Lipinski definition) is 2. The molecule has 0 unspecified atom stereocenters. The molecule has 0 saturated heterocycles. The molecule has 0 heterocycles. The van der Waals surface area contributed by atoms with Gasteiger partial charge in [0.05, 0.1) is 19.8 Å². The summed E-state index contributed by atoms with van der Waals surface area (Å²) in [6, 6.07) is 0. The Balaban J connectivity index is 0. The number of carbonyl (C=O) groups is 1. The van der Waals surface area contributed by atoms with Crippen molar-refractivity contribution in [2.45, 2.75) is 0 Å². The van der Waals surface area contributed by atoms with Crippen LogP contribution in [-0.4, -0.2) is 85.8 Å². The summed E-state index contributed by atoms with van der Waals surface area (Å²) in [5, 5.41) is 8.28. The molecule has 0 rings (SSSR count). The zero-order valence-corrected chi connectivity index (χ0v) is 8.20. The summed E-state index contributed by atoms with van der Waals surface area (Å²) < 4.78 is 37.7. The minimum absolute atomic E-state index is 0. The molecule has 0 bridgehead atoms. The van der Waals surface area contributed by atoms with Crippen LogP contribution in [0.15, 0.2) is 0 Å². The second kappa shape index (κ2) is 9.52. The van der Waals surface area contributed by atoms with Crippen molar-refractivity contribution in [2.75, 3.05) is 32.2 Å². The van der Waals surface area contributed by atoms with Crippen LogP contribution in [0.4, 0.5) is 0 Å². The van der Waals surface area contributed by atoms with E-state index in [9.17, 15) is 13.2 Å². The number of esters is 1. The summed E-state index contributed by atoms with van der Waals surface area (Å²) in [5.74, 6) is -2.10. The predicted molar refractivity (Wildman–Crippen MR) is 52.4 cm³/mol. The SMILES string of the molecule is O=C(CS(=O)(=O)O)OCCOCCO.[NaH]. The van der Waals surface area contributed by atoms with Gasteiger partial charge in [-0.15, -0.1) is 0 Å². The first-order chi connectivity index (χ1) is 6.45. The normalized spacial score (nSPS) is 10.5. The molecule has 7 nitrogen and oxygen atoms in total. The second-order valence-electron chi connectivity index (χ2n) is 2.28. The van der Waals surface area contributed by atoms with Crippen LogP contribution < -0.4 is 0 Å². The Kier molecular flexibility index (Phi) is 11.2. The van der Waals surface area contributed by atoms with Gasteiger partial charge in [-0.1, -0.05) is 0 Å². The van der Waals surface area contributed by atoms with Gasteiger partial charge in [-0.3, -0.25) is 9.35 Å². The first kappa shape index (κ1) is 17.7. The van der Waals surface area contributed by atoms with Crippen LogP contribution in [0, 0.1) is 0 Å². The van der Waals surface area contributed by atoms with Crippen molar-refractivity contribution in [3.63, 3.8) is 0 Å². The summed E-state index contributed by atoms with van der Waals surface area (Å²) in [7, 11) is -4.33. The number of hydrogen-bond acceptors (Lipinski definition) is 6. The number of ether oxygens (including phenoxy) is 2. The molecular formula is C6H13NaO7S. The van der Waals surface area contributed by atoms with Crippen molar-refractivity contribution in [1.29, 1.82) is 0 Å². The molecule has 0 saturated carbocycles. The van der Waals surface area contributed by atoms with E-state index < -0.39 is 21.8 Å².